The van der Waals surface area contributed by atoms with Crippen LogP contribution >= 0.6 is 0 Å². The molecule has 2 aliphatic rings. The highest BCUT2D eigenvalue weighted by Crippen LogP contribution is 2.51. The zero-order valence-electron chi connectivity index (χ0n) is 12.5. The molecular formula is C16H19NO4S. The van der Waals surface area contributed by atoms with Crippen LogP contribution in [-0.2, 0) is 10.0 Å². The van der Waals surface area contributed by atoms with Crippen molar-refractivity contribution in [2.75, 3.05) is 6.54 Å². The van der Waals surface area contributed by atoms with Gasteiger partial charge in [-0.3, -0.25) is 0 Å². The summed E-state index contributed by atoms with van der Waals surface area (Å²) in [6.45, 7) is 6.10. The second-order valence-electron chi connectivity index (χ2n) is 6.26. The third-order valence-electron chi connectivity index (χ3n) is 4.59. The van der Waals surface area contributed by atoms with E-state index < -0.39 is 16.0 Å². The number of piperidine rings is 1. The van der Waals surface area contributed by atoms with Gasteiger partial charge < -0.3 is 5.11 Å². The molecule has 6 heteroatoms. The topological polar surface area (TPSA) is 74.7 Å². The van der Waals surface area contributed by atoms with E-state index in [-0.39, 0.29) is 16.0 Å². The zero-order valence-corrected chi connectivity index (χ0v) is 13.3. The van der Waals surface area contributed by atoms with Crippen LogP contribution in [0.4, 0.5) is 0 Å². The van der Waals surface area contributed by atoms with Crippen molar-refractivity contribution in [3.63, 3.8) is 0 Å². The van der Waals surface area contributed by atoms with Gasteiger partial charge in [0, 0.05) is 12.1 Å². The van der Waals surface area contributed by atoms with E-state index in [2.05, 4.69) is 6.58 Å². The molecule has 1 aliphatic heterocycles. The Morgan fingerprint density at radius 3 is 2.59 bits per heavy atom. The number of hydrogen-bond acceptors (Lipinski definition) is 3. The van der Waals surface area contributed by atoms with Gasteiger partial charge in [0.25, 0.3) is 0 Å². The van der Waals surface area contributed by atoms with Crippen molar-refractivity contribution in [1.82, 2.24) is 4.31 Å². The van der Waals surface area contributed by atoms with Crippen molar-refractivity contribution in [2.24, 2.45) is 0 Å². The highest BCUT2D eigenvalue weighted by atomic mass is 32.2. The standard InChI is InChI=1S/C16H19NO4S/c1-11-5-8-17(16(10-11)6-7-16)22(20,21)14-4-3-13(15(18)19)9-12(14)2/h3-4,9H,1,5-8,10H2,2H3,(H,18,19). The molecule has 2 fully saturated rings. The average molecular weight is 321 g/mol. The van der Waals surface area contributed by atoms with Crippen LogP contribution in [0.25, 0.3) is 0 Å². The summed E-state index contributed by atoms with van der Waals surface area (Å²) < 4.78 is 27.6. The summed E-state index contributed by atoms with van der Waals surface area (Å²) >= 11 is 0. The lowest BCUT2D eigenvalue weighted by Gasteiger charge is -2.36. The van der Waals surface area contributed by atoms with Gasteiger partial charge in [-0.1, -0.05) is 12.2 Å². The normalized spacial score (nSPS) is 21.0. The second kappa shape index (κ2) is 4.93. The molecule has 3 rings (SSSR count). The van der Waals surface area contributed by atoms with Crippen molar-refractivity contribution >= 4 is 16.0 Å². The molecule has 5 nitrogen and oxygen atoms in total. The molecule has 1 aliphatic carbocycles. The van der Waals surface area contributed by atoms with Crippen molar-refractivity contribution < 1.29 is 18.3 Å². The molecule has 0 amide bonds. The monoisotopic (exact) mass is 321 g/mol. The van der Waals surface area contributed by atoms with Crippen LogP contribution in [0.15, 0.2) is 35.2 Å². The Labute approximate surface area is 130 Å². The first-order chi connectivity index (χ1) is 10.3. The van der Waals surface area contributed by atoms with Gasteiger partial charge in [0.1, 0.15) is 0 Å². The van der Waals surface area contributed by atoms with Gasteiger partial charge in [0.05, 0.1) is 10.5 Å². The van der Waals surface area contributed by atoms with E-state index >= 15 is 0 Å². The van der Waals surface area contributed by atoms with E-state index in [1.807, 2.05) is 0 Å². The van der Waals surface area contributed by atoms with E-state index in [4.69, 9.17) is 5.11 Å². The quantitative estimate of drug-likeness (QED) is 0.868. The fourth-order valence-electron chi connectivity index (χ4n) is 3.27. The molecule has 1 saturated carbocycles. The Hall–Kier alpha value is -1.66. The first-order valence-corrected chi connectivity index (χ1v) is 8.74. The predicted octanol–water partition coefficient (Wildman–Crippen LogP) is 2.57. The number of benzene rings is 1. The number of aromatic carboxylic acids is 1. The SMILES string of the molecule is C=C1CCN(S(=O)(=O)c2ccc(C(=O)O)cc2C)C2(CC2)C1. The van der Waals surface area contributed by atoms with E-state index in [1.54, 1.807) is 11.2 Å². The second-order valence-corrected chi connectivity index (χ2v) is 8.09. The van der Waals surface area contributed by atoms with Gasteiger partial charge in [-0.2, -0.15) is 4.31 Å². The van der Waals surface area contributed by atoms with Crippen LogP contribution in [-0.4, -0.2) is 35.9 Å². The molecular weight excluding hydrogens is 302 g/mol. The summed E-state index contributed by atoms with van der Waals surface area (Å²) in [6.07, 6.45) is 3.17. The first kappa shape index (κ1) is 15.2. The molecule has 0 unspecified atom stereocenters. The van der Waals surface area contributed by atoms with Gasteiger partial charge >= 0.3 is 5.97 Å². The molecule has 0 aromatic heterocycles. The molecule has 1 heterocycles. The van der Waals surface area contributed by atoms with Gasteiger partial charge in [-0.25, -0.2) is 13.2 Å². The van der Waals surface area contributed by atoms with Crippen LogP contribution in [0.2, 0.25) is 0 Å². The van der Waals surface area contributed by atoms with Crippen LogP contribution < -0.4 is 0 Å². The van der Waals surface area contributed by atoms with E-state index in [1.165, 1.54) is 18.2 Å². The summed E-state index contributed by atoms with van der Waals surface area (Å²) in [6, 6.07) is 4.18. The van der Waals surface area contributed by atoms with Crippen molar-refractivity contribution in [3.05, 3.63) is 41.5 Å². The van der Waals surface area contributed by atoms with Crippen LogP contribution in [0.3, 0.4) is 0 Å². The number of sulfonamides is 1. The zero-order chi connectivity index (χ0) is 16.1. The lowest BCUT2D eigenvalue weighted by atomic mass is 9.98. The minimum atomic E-state index is -3.60. The van der Waals surface area contributed by atoms with Crippen LogP contribution in [0.5, 0.6) is 0 Å². The van der Waals surface area contributed by atoms with Gasteiger partial charge in [0.15, 0.2) is 0 Å². The molecule has 1 aromatic rings. The summed E-state index contributed by atoms with van der Waals surface area (Å²) in [7, 11) is -3.60. The molecule has 0 radical (unpaired) electrons. The minimum Gasteiger partial charge on any atom is -0.478 e. The summed E-state index contributed by atoms with van der Waals surface area (Å²) in [5.74, 6) is -1.06. The smallest absolute Gasteiger partial charge is 0.335 e. The average Bonchev–Trinajstić information content (AvgIpc) is 3.17. The fraction of sp³-hybridized carbons (Fsp3) is 0.438. The summed E-state index contributed by atoms with van der Waals surface area (Å²) in [5, 5.41) is 9.00. The maximum absolute atomic E-state index is 13.0. The number of aryl methyl sites for hydroxylation is 1. The molecule has 1 spiro atoms. The number of nitrogens with zero attached hydrogens (tertiary/aromatic N) is 1. The molecule has 1 saturated heterocycles. The molecule has 22 heavy (non-hydrogen) atoms. The van der Waals surface area contributed by atoms with Crippen molar-refractivity contribution in [2.45, 2.75) is 43.0 Å². The first-order valence-electron chi connectivity index (χ1n) is 7.30. The lowest BCUT2D eigenvalue weighted by Crippen LogP contribution is -2.46. The van der Waals surface area contributed by atoms with E-state index in [9.17, 15) is 13.2 Å². The minimum absolute atomic E-state index is 0.101. The Kier molecular flexibility index (Phi) is 3.41. The van der Waals surface area contributed by atoms with Crippen molar-refractivity contribution in [3.8, 4) is 0 Å². The maximum Gasteiger partial charge on any atom is 0.335 e. The summed E-state index contributed by atoms with van der Waals surface area (Å²) in [4.78, 5) is 11.2. The Balaban J connectivity index is 2.00. The molecule has 118 valence electrons. The summed E-state index contributed by atoms with van der Waals surface area (Å²) in [5.41, 5.74) is 1.40. The molecule has 0 bridgehead atoms. The number of carboxylic acids is 1. The third kappa shape index (κ3) is 2.36. The fourth-order valence-corrected chi connectivity index (χ4v) is 5.31. The van der Waals surface area contributed by atoms with E-state index in [0.29, 0.717) is 18.5 Å². The Morgan fingerprint density at radius 1 is 1.36 bits per heavy atom. The van der Waals surface area contributed by atoms with Crippen LogP contribution in [0.1, 0.15) is 41.6 Å². The maximum atomic E-state index is 13.0. The number of carboxylic acid groups (broad SMARTS) is 1. The highest BCUT2D eigenvalue weighted by Gasteiger charge is 2.54. The third-order valence-corrected chi connectivity index (χ3v) is 6.76. The van der Waals surface area contributed by atoms with Crippen molar-refractivity contribution in [1.29, 1.82) is 0 Å². The molecule has 1 N–H and O–H groups in total. The van der Waals surface area contributed by atoms with Gasteiger partial charge in [-0.05, 0) is 56.4 Å². The molecule has 1 aromatic carbocycles. The Bertz CT molecular complexity index is 762. The largest absolute Gasteiger partial charge is 0.478 e. The lowest BCUT2D eigenvalue weighted by molar-refractivity contribution is 0.0696. The highest BCUT2D eigenvalue weighted by molar-refractivity contribution is 7.89. The Morgan fingerprint density at radius 2 is 2.05 bits per heavy atom. The predicted molar refractivity (Wildman–Crippen MR) is 82.4 cm³/mol. The van der Waals surface area contributed by atoms with Gasteiger partial charge in [-0.15, -0.1) is 0 Å². The number of carbonyl (C=O) groups is 1. The van der Waals surface area contributed by atoms with Crippen LogP contribution in [0, 0.1) is 6.92 Å². The number of rotatable bonds is 3. The number of hydrogen-bond donors (Lipinski definition) is 1. The van der Waals surface area contributed by atoms with Gasteiger partial charge in [0.2, 0.25) is 10.0 Å². The van der Waals surface area contributed by atoms with E-state index in [0.717, 1.165) is 24.8 Å². The molecule has 0 atom stereocenters.